The van der Waals surface area contributed by atoms with Crippen LogP contribution in [0.3, 0.4) is 0 Å². The molecular formula is C26H30N2O3S2. The van der Waals surface area contributed by atoms with Crippen molar-refractivity contribution in [2.24, 2.45) is 5.92 Å². The van der Waals surface area contributed by atoms with Gasteiger partial charge >= 0.3 is 0 Å². The first kappa shape index (κ1) is 23.7. The number of nitrogens with zero attached hydrogens (tertiary/aromatic N) is 2. The van der Waals surface area contributed by atoms with E-state index in [0.717, 1.165) is 6.42 Å². The number of benzene rings is 2. The molecule has 3 aromatic rings. The molecular weight excluding hydrogens is 452 g/mol. The SMILES string of the molecule is Cc1ccc(CN(CCc2ccccc2)C(=O)C2CCN(S(=O)(=O)c3ccccc3)CC2)s1. The lowest BCUT2D eigenvalue weighted by Crippen LogP contribution is -2.44. The topological polar surface area (TPSA) is 57.7 Å². The fourth-order valence-electron chi connectivity index (χ4n) is 4.28. The third-order valence-electron chi connectivity index (χ3n) is 6.15. The molecule has 33 heavy (non-hydrogen) atoms. The highest BCUT2D eigenvalue weighted by Crippen LogP contribution is 2.26. The van der Waals surface area contributed by atoms with Crippen LogP contribution in [0.4, 0.5) is 0 Å². The monoisotopic (exact) mass is 482 g/mol. The number of piperidine rings is 1. The van der Waals surface area contributed by atoms with Crippen LogP contribution in [0.2, 0.25) is 0 Å². The van der Waals surface area contributed by atoms with E-state index in [1.807, 2.05) is 29.2 Å². The van der Waals surface area contributed by atoms with Crippen molar-refractivity contribution in [1.29, 1.82) is 0 Å². The van der Waals surface area contributed by atoms with Crippen molar-refractivity contribution in [1.82, 2.24) is 9.21 Å². The number of hydrogen-bond donors (Lipinski definition) is 0. The van der Waals surface area contributed by atoms with E-state index in [-0.39, 0.29) is 11.8 Å². The normalized spacial score (nSPS) is 15.4. The van der Waals surface area contributed by atoms with Crippen molar-refractivity contribution in [2.45, 2.75) is 37.6 Å². The summed E-state index contributed by atoms with van der Waals surface area (Å²) in [6.07, 6.45) is 1.91. The van der Waals surface area contributed by atoms with Gasteiger partial charge in [-0.25, -0.2) is 8.42 Å². The fourth-order valence-corrected chi connectivity index (χ4v) is 6.67. The van der Waals surface area contributed by atoms with Crippen molar-refractivity contribution >= 4 is 27.3 Å². The Labute approximate surface area is 200 Å². The standard InChI is InChI=1S/C26H30N2O3S2/c1-21-12-13-24(32-21)20-27(17-14-22-8-4-2-5-9-22)26(29)23-15-18-28(19-16-23)33(30,31)25-10-6-3-7-11-25/h2-13,23H,14-20H2,1H3. The number of aryl methyl sites for hydroxylation is 1. The molecule has 0 saturated carbocycles. The Hall–Kier alpha value is -2.48. The van der Waals surface area contributed by atoms with Gasteiger partial charge in [-0.3, -0.25) is 4.79 Å². The zero-order valence-corrected chi connectivity index (χ0v) is 20.5. The average molecular weight is 483 g/mol. The van der Waals surface area contributed by atoms with E-state index in [4.69, 9.17) is 0 Å². The molecule has 174 valence electrons. The summed E-state index contributed by atoms with van der Waals surface area (Å²) in [6.45, 7) is 4.08. The second-order valence-corrected chi connectivity index (χ2v) is 11.8. The number of carbonyl (C=O) groups is 1. The maximum Gasteiger partial charge on any atom is 0.243 e. The van der Waals surface area contributed by atoms with Crippen molar-refractivity contribution in [3.05, 3.63) is 88.1 Å². The molecule has 0 bridgehead atoms. The van der Waals surface area contributed by atoms with Gasteiger partial charge in [-0.15, -0.1) is 11.3 Å². The molecule has 0 spiro atoms. The Bertz CT molecular complexity index is 1150. The minimum atomic E-state index is -3.51. The van der Waals surface area contributed by atoms with Gasteiger partial charge in [0.1, 0.15) is 0 Å². The van der Waals surface area contributed by atoms with Crippen LogP contribution in [0.5, 0.6) is 0 Å². The van der Waals surface area contributed by atoms with Gasteiger partial charge in [0.15, 0.2) is 0 Å². The van der Waals surface area contributed by atoms with Gasteiger partial charge in [-0.2, -0.15) is 4.31 Å². The average Bonchev–Trinajstić information content (AvgIpc) is 3.27. The van der Waals surface area contributed by atoms with Crippen molar-refractivity contribution < 1.29 is 13.2 Å². The highest BCUT2D eigenvalue weighted by atomic mass is 32.2. The minimum absolute atomic E-state index is 0.133. The van der Waals surface area contributed by atoms with Crippen LogP contribution in [0, 0.1) is 12.8 Å². The maximum absolute atomic E-state index is 13.5. The van der Waals surface area contributed by atoms with Crippen LogP contribution >= 0.6 is 11.3 Å². The fraction of sp³-hybridized carbons (Fsp3) is 0.346. The van der Waals surface area contributed by atoms with Crippen LogP contribution in [0.15, 0.2) is 77.7 Å². The molecule has 0 aliphatic carbocycles. The Balaban J connectivity index is 1.42. The van der Waals surface area contributed by atoms with Crippen molar-refractivity contribution in [3.8, 4) is 0 Å². The molecule has 5 nitrogen and oxygen atoms in total. The lowest BCUT2D eigenvalue weighted by molar-refractivity contribution is -0.137. The van der Waals surface area contributed by atoms with Gasteiger partial charge in [-0.1, -0.05) is 48.5 Å². The molecule has 1 amide bonds. The Morgan fingerprint density at radius 3 is 2.21 bits per heavy atom. The second kappa shape index (κ2) is 10.6. The summed E-state index contributed by atoms with van der Waals surface area (Å²) in [5, 5.41) is 0. The molecule has 2 aromatic carbocycles. The summed E-state index contributed by atoms with van der Waals surface area (Å²) in [7, 11) is -3.51. The van der Waals surface area contributed by atoms with E-state index >= 15 is 0 Å². The molecule has 0 radical (unpaired) electrons. The summed E-state index contributed by atoms with van der Waals surface area (Å²) < 4.78 is 27.4. The number of sulfonamides is 1. The third-order valence-corrected chi connectivity index (χ3v) is 9.05. The summed E-state index contributed by atoms with van der Waals surface area (Å²) in [6, 6.07) is 22.9. The van der Waals surface area contributed by atoms with Gasteiger partial charge < -0.3 is 4.90 Å². The van der Waals surface area contributed by atoms with E-state index < -0.39 is 10.0 Å². The Kier molecular flexibility index (Phi) is 7.63. The maximum atomic E-state index is 13.5. The minimum Gasteiger partial charge on any atom is -0.337 e. The van der Waals surface area contributed by atoms with Crippen LogP contribution in [-0.2, 0) is 27.8 Å². The quantitative estimate of drug-likeness (QED) is 0.466. The largest absolute Gasteiger partial charge is 0.337 e. The number of carbonyl (C=O) groups excluding carboxylic acids is 1. The number of rotatable bonds is 8. The highest BCUT2D eigenvalue weighted by molar-refractivity contribution is 7.89. The van der Waals surface area contributed by atoms with Crippen LogP contribution in [-0.4, -0.2) is 43.2 Å². The van der Waals surface area contributed by atoms with Gasteiger partial charge in [-0.05, 0) is 56.0 Å². The molecule has 7 heteroatoms. The number of thiophene rings is 1. The molecule has 0 atom stereocenters. The van der Waals surface area contributed by atoms with E-state index in [1.165, 1.54) is 19.6 Å². The lowest BCUT2D eigenvalue weighted by atomic mass is 9.96. The Morgan fingerprint density at radius 1 is 0.970 bits per heavy atom. The summed E-state index contributed by atoms with van der Waals surface area (Å²) in [4.78, 5) is 18.2. The molecule has 1 aliphatic rings. The van der Waals surface area contributed by atoms with E-state index in [2.05, 4.69) is 31.2 Å². The molecule has 1 fully saturated rings. The van der Waals surface area contributed by atoms with E-state index in [1.54, 1.807) is 35.6 Å². The lowest BCUT2D eigenvalue weighted by Gasteiger charge is -2.33. The first-order chi connectivity index (χ1) is 15.9. The number of hydrogen-bond acceptors (Lipinski definition) is 4. The smallest absolute Gasteiger partial charge is 0.243 e. The molecule has 1 aromatic heterocycles. The van der Waals surface area contributed by atoms with E-state index in [9.17, 15) is 13.2 Å². The first-order valence-electron chi connectivity index (χ1n) is 11.4. The second-order valence-electron chi connectivity index (χ2n) is 8.50. The summed E-state index contributed by atoms with van der Waals surface area (Å²) in [5.74, 6) is -0.0159. The van der Waals surface area contributed by atoms with Gasteiger partial charge in [0.25, 0.3) is 0 Å². The molecule has 1 saturated heterocycles. The predicted octanol–water partition coefficient (Wildman–Crippen LogP) is 4.73. The third kappa shape index (κ3) is 5.91. The molecule has 0 unspecified atom stereocenters. The first-order valence-corrected chi connectivity index (χ1v) is 13.6. The van der Waals surface area contributed by atoms with Crippen LogP contribution in [0.25, 0.3) is 0 Å². The molecule has 1 aliphatic heterocycles. The van der Waals surface area contributed by atoms with Crippen LogP contribution in [0.1, 0.15) is 28.2 Å². The van der Waals surface area contributed by atoms with Gasteiger partial charge in [0, 0.05) is 35.3 Å². The van der Waals surface area contributed by atoms with Crippen molar-refractivity contribution in [3.63, 3.8) is 0 Å². The summed E-state index contributed by atoms with van der Waals surface area (Å²) >= 11 is 1.72. The molecule has 2 heterocycles. The zero-order chi connectivity index (χ0) is 23.3. The highest BCUT2D eigenvalue weighted by Gasteiger charge is 2.33. The van der Waals surface area contributed by atoms with E-state index in [0.29, 0.717) is 43.9 Å². The Morgan fingerprint density at radius 2 is 1.61 bits per heavy atom. The van der Waals surface area contributed by atoms with Gasteiger partial charge in [0.05, 0.1) is 11.4 Å². The number of amides is 1. The molecule has 0 N–H and O–H groups in total. The van der Waals surface area contributed by atoms with Gasteiger partial charge in [0.2, 0.25) is 15.9 Å². The summed E-state index contributed by atoms with van der Waals surface area (Å²) in [5.41, 5.74) is 1.21. The zero-order valence-electron chi connectivity index (χ0n) is 18.9. The molecule has 4 rings (SSSR count). The predicted molar refractivity (Wildman–Crippen MR) is 133 cm³/mol. The van der Waals surface area contributed by atoms with Crippen LogP contribution < -0.4 is 0 Å². The van der Waals surface area contributed by atoms with Crippen molar-refractivity contribution in [2.75, 3.05) is 19.6 Å².